The minimum Gasteiger partial charge on any atom is -0.507 e. The summed E-state index contributed by atoms with van der Waals surface area (Å²) in [6.45, 7) is 1.74. The molecule has 15 heteroatoms. The maximum atomic E-state index is 13.6. The van der Waals surface area contributed by atoms with Crippen LogP contribution in [-0.2, 0) is 9.47 Å². The van der Waals surface area contributed by atoms with E-state index in [1.807, 2.05) is 0 Å². The van der Waals surface area contributed by atoms with Crippen LogP contribution in [0.5, 0.6) is 11.5 Å². The molecule has 0 spiro atoms. The van der Waals surface area contributed by atoms with Gasteiger partial charge in [0, 0.05) is 50.6 Å². The molecule has 1 fully saturated rings. The van der Waals surface area contributed by atoms with Crippen LogP contribution in [0.1, 0.15) is 31.8 Å². The fourth-order valence-electron chi connectivity index (χ4n) is 5.01. The van der Waals surface area contributed by atoms with Gasteiger partial charge in [0.1, 0.15) is 35.9 Å². The number of aliphatic hydroxyl groups is 5. The van der Waals surface area contributed by atoms with E-state index in [2.05, 4.69) is 21.3 Å². The van der Waals surface area contributed by atoms with Crippen LogP contribution < -0.4 is 21.3 Å². The molecule has 2 aliphatic rings. The molecule has 15 nitrogen and oxygen atoms in total. The highest BCUT2D eigenvalue weighted by Gasteiger charge is 2.44. The third-order valence-corrected chi connectivity index (χ3v) is 7.21. The van der Waals surface area contributed by atoms with Gasteiger partial charge in [-0.1, -0.05) is 0 Å². The van der Waals surface area contributed by atoms with E-state index in [0.717, 1.165) is 12.1 Å². The van der Waals surface area contributed by atoms with Crippen LogP contribution >= 0.6 is 0 Å². The number of benzene rings is 2. The van der Waals surface area contributed by atoms with Gasteiger partial charge in [-0.05, 0) is 24.3 Å². The largest absolute Gasteiger partial charge is 0.507 e. The molecule has 1 heterocycles. The molecule has 0 saturated carbocycles. The summed E-state index contributed by atoms with van der Waals surface area (Å²) in [5.41, 5.74) is 0.304. The fourth-order valence-corrected chi connectivity index (χ4v) is 5.01. The summed E-state index contributed by atoms with van der Waals surface area (Å²) in [4.78, 5) is 27.2. The number of aliphatic hydroxyl groups excluding tert-OH is 5. The molecular weight excluding hydrogens is 568 g/mol. The second kappa shape index (κ2) is 14.9. The van der Waals surface area contributed by atoms with Crippen LogP contribution in [0, 0.1) is 0 Å². The fraction of sp³-hybridized carbons (Fsp3) is 0.500. The molecule has 4 rings (SSSR count). The van der Waals surface area contributed by atoms with Gasteiger partial charge in [0.15, 0.2) is 6.29 Å². The number of aromatic hydroxyl groups is 2. The van der Waals surface area contributed by atoms with Gasteiger partial charge >= 0.3 is 0 Å². The Labute approximate surface area is 247 Å². The first-order chi connectivity index (χ1) is 20.7. The van der Waals surface area contributed by atoms with E-state index in [1.165, 1.54) is 0 Å². The topological polar surface area (TPSA) is 242 Å². The second-order valence-electron chi connectivity index (χ2n) is 10.1. The number of ether oxygens (including phenoxy) is 2. The summed E-state index contributed by atoms with van der Waals surface area (Å²) < 4.78 is 10.7. The van der Waals surface area contributed by atoms with E-state index in [4.69, 9.17) is 14.6 Å². The Morgan fingerprint density at radius 3 is 1.72 bits per heavy atom. The molecule has 1 aliphatic carbocycles. The number of carbonyl (C=O) groups is 2. The van der Waals surface area contributed by atoms with Gasteiger partial charge in [0.2, 0.25) is 11.6 Å². The molecule has 5 atom stereocenters. The molecule has 2 aromatic carbocycles. The number of anilines is 2. The zero-order valence-corrected chi connectivity index (χ0v) is 23.3. The molecule has 11 N–H and O–H groups in total. The zero-order valence-electron chi connectivity index (χ0n) is 23.3. The Balaban J connectivity index is 1.39. The van der Waals surface area contributed by atoms with Crippen molar-refractivity contribution in [2.75, 3.05) is 69.7 Å². The van der Waals surface area contributed by atoms with Gasteiger partial charge in [0.05, 0.1) is 42.1 Å². The van der Waals surface area contributed by atoms with Crippen molar-refractivity contribution in [3.8, 4) is 11.5 Å². The number of rotatable bonds is 15. The summed E-state index contributed by atoms with van der Waals surface area (Å²) in [6, 6.07) is 5.60. The molecule has 2 aromatic rings. The summed E-state index contributed by atoms with van der Waals surface area (Å²) in [5, 5.41) is 81.1. The van der Waals surface area contributed by atoms with Crippen molar-refractivity contribution in [2.24, 2.45) is 0 Å². The minimum atomic E-state index is -1.53. The Hall–Kier alpha value is -3.38. The lowest BCUT2D eigenvalue weighted by atomic mass is 9.81. The van der Waals surface area contributed by atoms with Crippen LogP contribution in [0.3, 0.4) is 0 Å². The predicted molar refractivity (Wildman–Crippen MR) is 153 cm³/mol. The van der Waals surface area contributed by atoms with Crippen molar-refractivity contribution < 1.29 is 54.8 Å². The highest BCUT2D eigenvalue weighted by molar-refractivity contribution is 6.33. The van der Waals surface area contributed by atoms with Crippen LogP contribution in [-0.4, -0.2) is 137 Å². The van der Waals surface area contributed by atoms with Crippen LogP contribution in [0.15, 0.2) is 24.3 Å². The third-order valence-electron chi connectivity index (χ3n) is 7.21. The Morgan fingerprint density at radius 1 is 0.674 bits per heavy atom. The summed E-state index contributed by atoms with van der Waals surface area (Å²) in [7, 11) is 0. The second-order valence-corrected chi connectivity index (χ2v) is 10.1. The Bertz CT molecular complexity index is 1290. The van der Waals surface area contributed by atoms with Crippen molar-refractivity contribution in [2.45, 2.75) is 30.7 Å². The molecule has 0 bridgehead atoms. The number of fused-ring (bicyclic) bond motifs is 2. The molecular formula is C28H38N4O11. The zero-order chi connectivity index (χ0) is 31.1. The molecule has 0 unspecified atom stereocenters. The summed E-state index contributed by atoms with van der Waals surface area (Å²) >= 11 is 0. The van der Waals surface area contributed by atoms with Gasteiger partial charge in [-0.15, -0.1) is 0 Å². The number of hydrogen-bond acceptors (Lipinski definition) is 15. The van der Waals surface area contributed by atoms with E-state index in [0.29, 0.717) is 50.6 Å². The quantitative estimate of drug-likeness (QED) is 0.0643. The monoisotopic (exact) mass is 606 g/mol. The predicted octanol–water partition coefficient (Wildman–Crippen LogP) is -2.31. The molecule has 0 aromatic heterocycles. The van der Waals surface area contributed by atoms with Gasteiger partial charge in [0.25, 0.3) is 0 Å². The number of carbonyl (C=O) groups excluding carboxylic acids is 2. The van der Waals surface area contributed by atoms with Gasteiger partial charge in [-0.25, -0.2) is 0 Å². The lowest BCUT2D eigenvalue weighted by molar-refractivity contribution is -0.300. The third kappa shape index (κ3) is 7.06. The summed E-state index contributed by atoms with van der Waals surface area (Å²) in [6.07, 6.45) is -6.80. The van der Waals surface area contributed by atoms with Crippen molar-refractivity contribution in [1.82, 2.24) is 10.6 Å². The van der Waals surface area contributed by atoms with Crippen molar-refractivity contribution in [3.63, 3.8) is 0 Å². The Morgan fingerprint density at radius 2 is 1.21 bits per heavy atom. The molecule has 236 valence electrons. The number of phenolic OH excluding ortho intramolecular Hbond substituents is 2. The lowest BCUT2D eigenvalue weighted by Gasteiger charge is -2.39. The average Bonchev–Trinajstić information content (AvgIpc) is 3.00. The first-order valence-electron chi connectivity index (χ1n) is 13.9. The Kier molecular flexibility index (Phi) is 11.3. The first-order valence-corrected chi connectivity index (χ1v) is 13.9. The molecule has 0 radical (unpaired) electrons. The number of ketones is 2. The number of hydrogen-bond donors (Lipinski definition) is 11. The maximum Gasteiger partial charge on any atom is 0.200 e. The number of nitrogens with one attached hydrogen (secondary N) is 4. The van der Waals surface area contributed by atoms with Gasteiger partial charge < -0.3 is 66.5 Å². The lowest BCUT2D eigenvalue weighted by Crippen LogP contribution is -2.59. The van der Waals surface area contributed by atoms with Crippen LogP contribution in [0.25, 0.3) is 0 Å². The maximum absolute atomic E-state index is 13.6. The summed E-state index contributed by atoms with van der Waals surface area (Å²) in [5.74, 6) is -2.07. The SMILES string of the molecule is O=C1c2c(O)ccc(O)c2C(=O)c2c(NCCNCCO[C@@H]3O[C@H](CO)[C@@H](O)[C@H](O)[C@H]3O)ccc(NCCNCCO)c21. The van der Waals surface area contributed by atoms with Crippen LogP contribution in [0.4, 0.5) is 11.4 Å². The molecule has 1 aliphatic heterocycles. The molecule has 43 heavy (non-hydrogen) atoms. The normalized spacial score (nSPS) is 23.1. The van der Waals surface area contributed by atoms with E-state index in [-0.39, 0.29) is 35.5 Å². The minimum absolute atomic E-state index is 0.0254. The van der Waals surface area contributed by atoms with E-state index in [9.17, 15) is 40.2 Å². The van der Waals surface area contributed by atoms with Crippen molar-refractivity contribution >= 4 is 22.9 Å². The smallest absolute Gasteiger partial charge is 0.200 e. The standard InChI is InChI=1S/C28H38N4O11/c33-11-9-29-5-7-31-14-1-2-15(20-19(14)24(38)21-16(35)3-4-17(36)22(21)25(20)39)32-8-6-30-10-12-42-28-27(41)26(40)23(37)18(13-34)43-28/h1-4,18,23,26-37,40-41H,5-13H2/t18-,23-,26+,27-,28-/m1/s1. The number of phenols is 2. The van der Waals surface area contributed by atoms with Gasteiger partial charge in [-0.3, -0.25) is 9.59 Å². The molecule has 1 saturated heterocycles. The average molecular weight is 607 g/mol. The van der Waals surface area contributed by atoms with Crippen LogP contribution in [0.2, 0.25) is 0 Å². The van der Waals surface area contributed by atoms with Crippen molar-refractivity contribution in [3.05, 3.63) is 46.5 Å². The van der Waals surface area contributed by atoms with E-state index >= 15 is 0 Å². The van der Waals surface area contributed by atoms with Crippen molar-refractivity contribution in [1.29, 1.82) is 0 Å². The van der Waals surface area contributed by atoms with E-state index in [1.54, 1.807) is 12.1 Å². The molecule has 0 amide bonds. The van der Waals surface area contributed by atoms with E-state index < -0.39 is 60.4 Å². The highest BCUT2D eigenvalue weighted by Crippen LogP contribution is 2.42. The first kappa shape index (κ1) is 32.5. The highest BCUT2D eigenvalue weighted by atomic mass is 16.7. The van der Waals surface area contributed by atoms with Gasteiger partial charge in [-0.2, -0.15) is 0 Å².